The second-order valence-electron chi connectivity index (χ2n) is 9.44. The molecule has 1 atom stereocenters. The average molecular weight is 454 g/mol. The van der Waals surface area contributed by atoms with Gasteiger partial charge in [-0.2, -0.15) is 0 Å². The Hall–Kier alpha value is -3.28. The summed E-state index contributed by atoms with van der Waals surface area (Å²) in [5, 5.41) is 12.0. The lowest BCUT2D eigenvalue weighted by molar-refractivity contribution is 0.108. The van der Waals surface area contributed by atoms with Crippen LogP contribution in [-0.2, 0) is 7.05 Å². The summed E-state index contributed by atoms with van der Waals surface area (Å²) in [6, 6.07) is 20.7. The molecule has 174 valence electrons. The quantitative estimate of drug-likeness (QED) is 0.470. The largest absolute Gasteiger partial charge is 0.392 e. The highest BCUT2D eigenvalue weighted by atomic mass is 16.3. The molecule has 3 heterocycles. The summed E-state index contributed by atoms with van der Waals surface area (Å²) in [7, 11) is 1.90. The maximum Gasteiger partial charge on any atom is 0.259 e. The Kier molecular flexibility index (Phi) is 6.31. The Morgan fingerprint density at radius 2 is 1.68 bits per heavy atom. The van der Waals surface area contributed by atoms with E-state index >= 15 is 0 Å². The van der Waals surface area contributed by atoms with Gasteiger partial charge in [-0.25, -0.2) is 0 Å². The lowest BCUT2D eigenvalue weighted by Gasteiger charge is -2.33. The third-order valence-corrected chi connectivity index (χ3v) is 7.03. The Bertz CT molecular complexity index is 1350. The first-order valence-electron chi connectivity index (χ1n) is 12.0. The van der Waals surface area contributed by atoms with Gasteiger partial charge in [0.15, 0.2) is 0 Å². The predicted octanol–water partition coefficient (Wildman–Crippen LogP) is 4.83. The van der Waals surface area contributed by atoms with Gasteiger partial charge >= 0.3 is 0 Å². The molecule has 1 saturated heterocycles. The second-order valence-corrected chi connectivity index (χ2v) is 9.44. The first-order valence-corrected chi connectivity index (χ1v) is 12.0. The number of aromatic nitrogens is 2. The number of piperidine rings is 1. The molecular weight excluding hydrogens is 422 g/mol. The van der Waals surface area contributed by atoms with Gasteiger partial charge in [0, 0.05) is 37.6 Å². The highest BCUT2D eigenvalue weighted by Gasteiger charge is 2.25. The zero-order valence-electron chi connectivity index (χ0n) is 19.8. The molecule has 2 aromatic carbocycles. The molecule has 1 aliphatic heterocycles. The third-order valence-electron chi connectivity index (χ3n) is 7.03. The molecule has 5 heteroatoms. The molecule has 0 amide bonds. The van der Waals surface area contributed by atoms with Gasteiger partial charge in [0.25, 0.3) is 5.56 Å². The maximum absolute atomic E-state index is 13.9. The van der Waals surface area contributed by atoms with Gasteiger partial charge in [-0.3, -0.25) is 9.78 Å². The number of hydrogen-bond donors (Lipinski definition) is 1. The number of hydrogen-bond acceptors (Lipinski definition) is 4. The molecule has 0 bridgehead atoms. The van der Waals surface area contributed by atoms with Crippen molar-refractivity contribution in [3.05, 3.63) is 89.1 Å². The summed E-state index contributed by atoms with van der Waals surface area (Å²) in [4.78, 5) is 20.4. The van der Waals surface area contributed by atoms with E-state index in [9.17, 15) is 9.90 Å². The fourth-order valence-electron chi connectivity index (χ4n) is 5.28. The highest BCUT2D eigenvalue weighted by Crippen LogP contribution is 2.35. The van der Waals surface area contributed by atoms with Crippen LogP contribution in [0.5, 0.6) is 0 Å². The number of pyridine rings is 2. The first-order chi connectivity index (χ1) is 16.5. The molecule has 2 aromatic heterocycles. The van der Waals surface area contributed by atoms with Crippen LogP contribution in [0.25, 0.3) is 33.0 Å². The van der Waals surface area contributed by atoms with Crippen molar-refractivity contribution in [3.63, 3.8) is 0 Å². The Labute approximate surface area is 200 Å². The molecule has 1 aliphatic rings. The van der Waals surface area contributed by atoms with Crippen molar-refractivity contribution >= 4 is 10.8 Å². The first kappa shape index (κ1) is 22.5. The minimum Gasteiger partial charge on any atom is -0.392 e. The summed E-state index contributed by atoms with van der Waals surface area (Å²) < 4.78 is 1.85. The van der Waals surface area contributed by atoms with E-state index in [1.165, 1.54) is 0 Å². The number of aliphatic hydroxyl groups excluding tert-OH is 1. The van der Waals surface area contributed by atoms with E-state index in [4.69, 9.17) is 0 Å². The van der Waals surface area contributed by atoms with Gasteiger partial charge in [0.1, 0.15) is 0 Å². The lowest BCUT2D eigenvalue weighted by atomic mass is 9.88. The molecule has 0 unspecified atom stereocenters. The molecule has 0 radical (unpaired) electrons. The molecule has 0 saturated carbocycles. The lowest BCUT2D eigenvalue weighted by Crippen LogP contribution is -2.38. The summed E-state index contributed by atoms with van der Waals surface area (Å²) >= 11 is 0. The van der Waals surface area contributed by atoms with Crippen LogP contribution in [-0.4, -0.2) is 45.3 Å². The minimum absolute atomic E-state index is 0.0333. The van der Waals surface area contributed by atoms with Crippen LogP contribution < -0.4 is 5.56 Å². The molecule has 0 spiro atoms. The molecule has 5 nitrogen and oxygen atoms in total. The van der Waals surface area contributed by atoms with E-state index < -0.39 is 0 Å². The molecule has 34 heavy (non-hydrogen) atoms. The number of nitrogens with zero attached hydrogens (tertiary/aromatic N) is 3. The van der Waals surface area contributed by atoms with Crippen molar-refractivity contribution in [3.8, 4) is 22.3 Å². The molecule has 1 N–H and O–H groups in total. The number of fused-ring (bicyclic) bond motifs is 1. The van der Waals surface area contributed by atoms with Crippen LogP contribution in [0.1, 0.15) is 31.4 Å². The van der Waals surface area contributed by atoms with E-state index in [0.717, 1.165) is 64.7 Å². The zero-order valence-corrected chi connectivity index (χ0v) is 19.8. The fraction of sp³-hybridized carbons (Fsp3) is 0.310. The number of likely N-dealkylation sites (tertiary alicyclic amines) is 1. The molecule has 1 fully saturated rings. The van der Waals surface area contributed by atoms with Gasteiger partial charge in [-0.1, -0.05) is 36.4 Å². The van der Waals surface area contributed by atoms with Crippen LogP contribution in [0, 0.1) is 0 Å². The van der Waals surface area contributed by atoms with Crippen LogP contribution in [0.15, 0.2) is 77.9 Å². The van der Waals surface area contributed by atoms with E-state index in [-0.39, 0.29) is 11.7 Å². The van der Waals surface area contributed by atoms with E-state index in [1.54, 1.807) is 12.4 Å². The summed E-state index contributed by atoms with van der Waals surface area (Å²) in [5.41, 5.74) is 4.74. The normalized spacial score (nSPS) is 16.1. The second kappa shape index (κ2) is 9.53. The summed E-state index contributed by atoms with van der Waals surface area (Å²) in [6.45, 7) is 4.40. The van der Waals surface area contributed by atoms with Crippen molar-refractivity contribution < 1.29 is 5.11 Å². The number of benzene rings is 2. The Morgan fingerprint density at radius 1 is 0.971 bits per heavy atom. The van der Waals surface area contributed by atoms with Gasteiger partial charge in [-0.05, 0) is 84.6 Å². The van der Waals surface area contributed by atoms with Crippen LogP contribution in [0.4, 0.5) is 0 Å². The van der Waals surface area contributed by atoms with E-state index in [1.807, 2.05) is 42.8 Å². The molecular formula is C29H31N3O2. The smallest absolute Gasteiger partial charge is 0.259 e. The monoisotopic (exact) mass is 453 g/mol. The van der Waals surface area contributed by atoms with E-state index in [0.29, 0.717) is 12.5 Å². The van der Waals surface area contributed by atoms with Gasteiger partial charge in [0.2, 0.25) is 0 Å². The fourth-order valence-corrected chi connectivity index (χ4v) is 5.28. The standard InChI is InChI=1S/C29H31N3O2/c1-20(33)19-32-15-11-23(12-16-32)27-18-26(22-9-13-30-14-10-22)28(29(34)31(27)2)25-8-7-21-5-3-4-6-24(21)17-25/h3-10,13-14,17-18,20,23,33H,11-12,15-16,19H2,1-2H3/t20-/m1/s1. The average Bonchev–Trinajstić information content (AvgIpc) is 2.86. The maximum atomic E-state index is 13.9. The van der Waals surface area contributed by atoms with Crippen molar-refractivity contribution in [2.24, 2.45) is 7.05 Å². The molecule has 5 rings (SSSR count). The summed E-state index contributed by atoms with van der Waals surface area (Å²) in [5.74, 6) is 0.314. The number of rotatable bonds is 5. The van der Waals surface area contributed by atoms with Crippen LogP contribution in [0.2, 0.25) is 0 Å². The molecule has 4 aromatic rings. The Balaban J connectivity index is 1.61. The number of aliphatic hydroxyl groups is 1. The predicted molar refractivity (Wildman–Crippen MR) is 138 cm³/mol. The van der Waals surface area contributed by atoms with Crippen LogP contribution in [0.3, 0.4) is 0 Å². The summed E-state index contributed by atoms with van der Waals surface area (Å²) in [6.07, 6.45) is 5.20. The van der Waals surface area contributed by atoms with Crippen molar-refractivity contribution in [2.45, 2.75) is 31.8 Å². The topological polar surface area (TPSA) is 58.4 Å². The van der Waals surface area contributed by atoms with Gasteiger partial charge < -0.3 is 14.6 Å². The van der Waals surface area contributed by atoms with Crippen molar-refractivity contribution in [1.29, 1.82) is 0 Å². The SMILES string of the molecule is C[C@@H](O)CN1CCC(c2cc(-c3ccncc3)c(-c3ccc4ccccc4c3)c(=O)n2C)CC1. The minimum atomic E-state index is -0.319. The highest BCUT2D eigenvalue weighted by molar-refractivity contribution is 5.91. The Morgan fingerprint density at radius 3 is 2.38 bits per heavy atom. The number of β-amino-alcohol motifs (C(OH)–C–C–N with tert-alkyl or cyclic N) is 1. The van der Waals surface area contributed by atoms with Crippen LogP contribution >= 0.6 is 0 Å². The van der Waals surface area contributed by atoms with Gasteiger partial charge in [0.05, 0.1) is 11.7 Å². The van der Waals surface area contributed by atoms with Crippen molar-refractivity contribution in [1.82, 2.24) is 14.5 Å². The third kappa shape index (κ3) is 4.41. The van der Waals surface area contributed by atoms with Crippen molar-refractivity contribution in [2.75, 3.05) is 19.6 Å². The molecule has 0 aliphatic carbocycles. The zero-order chi connectivity index (χ0) is 23.7. The van der Waals surface area contributed by atoms with E-state index in [2.05, 4.69) is 46.3 Å². The van der Waals surface area contributed by atoms with Gasteiger partial charge in [-0.15, -0.1) is 0 Å².